The van der Waals surface area contributed by atoms with Crippen LogP contribution in [-0.2, 0) is 65.4 Å². The molecule has 19 heteroatoms. The van der Waals surface area contributed by atoms with Crippen LogP contribution >= 0.6 is 15.6 Å². The summed E-state index contributed by atoms with van der Waals surface area (Å²) >= 11 is 0. The van der Waals surface area contributed by atoms with E-state index in [9.17, 15) is 43.2 Å². The van der Waals surface area contributed by atoms with Crippen LogP contribution in [0.4, 0.5) is 0 Å². The second-order valence-electron chi connectivity index (χ2n) is 31.5. The van der Waals surface area contributed by atoms with Crippen LogP contribution in [0.5, 0.6) is 0 Å². The normalized spacial score (nSPS) is 13.8. The molecule has 0 fully saturated rings. The van der Waals surface area contributed by atoms with Gasteiger partial charge < -0.3 is 33.8 Å². The number of esters is 4. The van der Waals surface area contributed by atoms with Crippen molar-refractivity contribution in [2.75, 3.05) is 39.6 Å². The van der Waals surface area contributed by atoms with Gasteiger partial charge in [0.05, 0.1) is 26.4 Å². The summed E-state index contributed by atoms with van der Waals surface area (Å²) in [6, 6.07) is 0. The highest BCUT2D eigenvalue weighted by Crippen LogP contribution is 2.45. The Morgan fingerprint density at radius 2 is 0.442 bits per heavy atom. The molecule has 0 aliphatic carbocycles. The maximum atomic E-state index is 13.1. The van der Waals surface area contributed by atoms with E-state index in [4.69, 9.17) is 37.0 Å². The maximum absolute atomic E-state index is 13.1. The van der Waals surface area contributed by atoms with Crippen molar-refractivity contribution in [1.29, 1.82) is 0 Å². The Labute approximate surface area is 638 Å². The summed E-state index contributed by atoms with van der Waals surface area (Å²) in [5, 5.41) is 10.7. The molecule has 17 nitrogen and oxygen atoms in total. The van der Waals surface area contributed by atoms with Gasteiger partial charge in [-0.05, 0) is 37.5 Å². The van der Waals surface area contributed by atoms with Gasteiger partial charge in [-0.2, -0.15) is 0 Å². The van der Waals surface area contributed by atoms with Crippen molar-refractivity contribution in [1.82, 2.24) is 0 Å². The number of phosphoric acid groups is 2. The second kappa shape index (κ2) is 76.4. The number of aliphatic hydroxyl groups excluding tert-OH is 1. The molecule has 5 atom stereocenters. The van der Waals surface area contributed by atoms with E-state index in [1.807, 2.05) is 0 Å². The third-order valence-electron chi connectivity index (χ3n) is 20.0. The molecule has 0 rings (SSSR count). The summed E-state index contributed by atoms with van der Waals surface area (Å²) in [6.45, 7) is 9.69. The molecule has 2 unspecified atom stereocenters. The lowest BCUT2D eigenvalue weighted by Gasteiger charge is -2.21. The number of aliphatic hydroxyl groups is 1. The minimum absolute atomic E-state index is 0.107. The predicted molar refractivity (Wildman–Crippen MR) is 428 cm³/mol. The van der Waals surface area contributed by atoms with E-state index >= 15 is 0 Å². The van der Waals surface area contributed by atoms with Gasteiger partial charge in [0.25, 0.3) is 0 Å². The monoisotopic (exact) mass is 1520 g/mol. The summed E-state index contributed by atoms with van der Waals surface area (Å²) in [7, 11) is -9.93. The number of rotatable bonds is 84. The third kappa shape index (κ3) is 78.2. The number of hydrogen-bond donors (Lipinski definition) is 3. The lowest BCUT2D eigenvalue weighted by molar-refractivity contribution is -0.161. The van der Waals surface area contributed by atoms with Crippen LogP contribution in [-0.4, -0.2) is 96.7 Å². The van der Waals surface area contributed by atoms with Crippen molar-refractivity contribution in [3.63, 3.8) is 0 Å². The molecule has 0 radical (unpaired) electrons. The number of carbonyl (C=O) groups is 4. The molecule has 0 bridgehead atoms. The quantitative estimate of drug-likeness (QED) is 0.0222. The minimum Gasteiger partial charge on any atom is -0.462 e. The van der Waals surface area contributed by atoms with Gasteiger partial charge in [-0.3, -0.25) is 37.3 Å². The highest BCUT2D eigenvalue weighted by Gasteiger charge is 2.30. The zero-order chi connectivity index (χ0) is 76.4. The van der Waals surface area contributed by atoms with Gasteiger partial charge in [-0.15, -0.1) is 0 Å². The molecule has 0 aliphatic rings. The first-order chi connectivity index (χ1) is 50.4. The Morgan fingerprint density at radius 1 is 0.260 bits per heavy atom. The molecule has 618 valence electrons. The van der Waals surface area contributed by atoms with E-state index in [0.717, 1.165) is 102 Å². The fourth-order valence-electron chi connectivity index (χ4n) is 13.2. The van der Waals surface area contributed by atoms with Crippen LogP contribution in [0.15, 0.2) is 0 Å². The van der Waals surface area contributed by atoms with Gasteiger partial charge in [0.2, 0.25) is 0 Å². The third-order valence-corrected chi connectivity index (χ3v) is 21.9. The van der Waals surface area contributed by atoms with E-state index in [1.165, 1.54) is 270 Å². The Kier molecular flexibility index (Phi) is 75.0. The molecule has 0 amide bonds. The van der Waals surface area contributed by atoms with Crippen molar-refractivity contribution in [3.05, 3.63) is 0 Å². The van der Waals surface area contributed by atoms with Gasteiger partial charge >= 0.3 is 39.5 Å². The van der Waals surface area contributed by atoms with Crippen molar-refractivity contribution >= 4 is 39.5 Å². The Balaban J connectivity index is 5.24. The Morgan fingerprint density at radius 3 is 0.654 bits per heavy atom. The van der Waals surface area contributed by atoms with Crippen LogP contribution in [0, 0.1) is 11.8 Å². The summed E-state index contributed by atoms with van der Waals surface area (Å²) in [6.07, 6.45) is 68.0. The lowest BCUT2D eigenvalue weighted by atomic mass is 10.0. The summed E-state index contributed by atoms with van der Waals surface area (Å²) in [4.78, 5) is 73.2. The number of carbonyl (C=O) groups excluding carboxylic acids is 4. The first-order valence-electron chi connectivity index (χ1n) is 44.0. The van der Waals surface area contributed by atoms with Crippen molar-refractivity contribution < 1.29 is 80.2 Å². The van der Waals surface area contributed by atoms with Crippen molar-refractivity contribution in [2.45, 2.75) is 471 Å². The molecule has 0 aromatic carbocycles. The van der Waals surface area contributed by atoms with Gasteiger partial charge in [0.15, 0.2) is 12.2 Å². The average Bonchev–Trinajstić information content (AvgIpc) is 0.904. The fraction of sp³-hybridized carbons (Fsp3) is 0.953. The van der Waals surface area contributed by atoms with Crippen LogP contribution in [0.3, 0.4) is 0 Å². The topological polar surface area (TPSA) is 237 Å². The number of ether oxygens (including phenoxy) is 4. The summed E-state index contributed by atoms with van der Waals surface area (Å²) < 4.78 is 68.9. The van der Waals surface area contributed by atoms with Crippen LogP contribution in [0.2, 0.25) is 0 Å². The summed E-state index contributed by atoms with van der Waals surface area (Å²) in [5.74, 6) is -0.538. The SMILES string of the molecule is CCCCCCCCCCCCCCCCCCCCCCCC(=O)O[C@H](COC(=O)CCCCCCCCCCCCCCCCC(C)C)COP(=O)(O)OC[C@@H](O)COP(=O)(O)OC[C@@H](COC(=O)CCCCCCCCCCCCCC)OC(=O)CCCCCCCCCCCCCC(C)C. The Hall–Kier alpha value is -1.94. The van der Waals surface area contributed by atoms with Gasteiger partial charge in [-0.25, -0.2) is 9.13 Å². The average molecular weight is 1520 g/mol. The molecule has 0 saturated carbocycles. The number of unbranched alkanes of at least 4 members (excludes halogenated alkanes) is 54. The standard InChI is InChI=1S/C85H166O17P2/c1-7-9-11-13-15-17-19-21-22-23-24-25-26-27-28-33-39-45-51-57-63-69-84(89)101-80(74-96-83(88)68-62-56-50-44-38-32-30-29-31-35-41-47-53-59-65-77(3)4)75-99-103(91,92)97-71-79(86)72-98-104(93,94)100-76-81(73-95-82(87)67-61-55-49-43-37-20-18-16-14-12-10-8-2)102-85(90)70-64-58-52-46-40-34-36-42-48-54-60-66-78(5)6/h77-81,86H,7-76H2,1-6H3,(H,91,92)(H,93,94)/t79-,80-,81-/m1/s1. The molecular formula is C85H166O17P2. The van der Waals surface area contributed by atoms with Crippen molar-refractivity contribution in [2.24, 2.45) is 11.8 Å². The smallest absolute Gasteiger partial charge is 0.462 e. The molecule has 0 aromatic rings. The maximum Gasteiger partial charge on any atom is 0.472 e. The van der Waals surface area contributed by atoms with Crippen LogP contribution in [0.1, 0.15) is 452 Å². The van der Waals surface area contributed by atoms with Gasteiger partial charge in [-0.1, -0.05) is 401 Å². The molecule has 104 heavy (non-hydrogen) atoms. The number of hydrogen-bond acceptors (Lipinski definition) is 15. The number of phosphoric ester groups is 2. The van der Waals surface area contributed by atoms with E-state index in [-0.39, 0.29) is 25.7 Å². The molecule has 0 aromatic heterocycles. The minimum atomic E-state index is -4.97. The first kappa shape index (κ1) is 102. The second-order valence-corrected chi connectivity index (χ2v) is 34.4. The molecule has 0 saturated heterocycles. The largest absolute Gasteiger partial charge is 0.472 e. The Bertz CT molecular complexity index is 1990. The van der Waals surface area contributed by atoms with E-state index in [1.54, 1.807) is 0 Å². The summed E-state index contributed by atoms with van der Waals surface area (Å²) in [5.41, 5.74) is 0. The zero-order valence-corrected chi connectivity index (χ0v) is 70.1. The van der Waals surface area contributed by atoms with E-state index < -0.39 is 97.5 Å². The highest BCUT2D eigenvalue weighted by atomic mass is 31.2. The first-order valence-corrected chi connectivity index (χ1v) is 47.0. The van der Waals surface area contributed by atoms with Crippen molar-refractivity contribution in [3.8, 4) is 0 Å². The fourth-order valence-corrected chi connectivity index (χ4v) is 14.8. The molecule has 0 heterocycles. The lowest BCUT2D eigenvalue weighted by Crippen LogP contribution is -2.30. The van der Waals surface area contributed by atoms with Crippen LogP contribution < -0.4 is 0 Å². The molecular weight excluding hydrogens is 1350 g/mol. The van der Waals surface area contributed by atoms with E-state index in [0.29, 0.717) is 25.7 Å². The molecule has 3 N–H and O–H groups in total. The van der Waals surface area contributed by atoms with Gasteiger partial charge in [0.1, 0.15) is 19.3 Å². The predicted octanol–water partition coefficient (Wildman–Crippen LogP) is 25.8. The molecule has 0 spiro atoms. The van der Waals surface area contributed by atoms with E-state index in [2.05, 4.69) is 41.5 Å². The van der Waals surface area contributed by atoms with Crippen LogP contribution in [0.25, 0.3) is 0 Å². The molecule has 0 aliphatic heterocycles. The highest BCUT2D eigenvalue weighted by molar-refractivity contribution is 7.47. The zero-order valence-electron chi connectivity index (χ0n) is 68.3. The van der Waals surface area contributed by atoms with Gasteiger partial charge in [0, 0.05) is 25.7 Å².